The Morgan fingerprint density at radius 3 is 3.15 bits per heavy atom. The summed E-state index contributed by atoms with van der Waals surface area (Å²) < 4.78 is 5.45. The maximum absolute atomic E-state index is 11.4. The van der Waals surface area contributed by atoms with Gasteiger partial charge in [0, 0.05) is 6.42 Å². The molecule has 0 saturated carbocycles. The summed E-state index contributed by atoms with van der Waals surface area (Å²) in [5.41, 5.74) is 1.22. The molecule has 2 rings (SSSR count). The average Bonchev–Trinajstić information content (AvgIpc) is 2.61. The number of rotatable bonds is 3. The van der Waals surface area contributed by atoms with Gasteiger partial charge in [0.1, 0.15) is 5.76 Å². The summed E-state index contributed by atoms with van der Waals surface area (Å²) in [6.07, 6.45) is 3.21. The highest BCUT2D eigenvalue weighted by Crippen LogP contribution is 2.25. The van der Waals surface area contributed by atoms with Crippen molar-refractivity contribution >= 4 is 5.78 Å². The van der Waals surface area contributed by atoms with Gasteiger partial charge in [-0.15, -0.1) is 0 Å². The smallest absolute Gasteiger partial charge is 0.211 e. The van der Waals surface area contributed by atoms with Crippen LogP contribution < -0.4 is 5.32 Å². The summed E-state index contributed by atoms with van der Waals surface area (Å²) in [5, 5.41) is 2.82. The van der Waals surface area contributed by atoms with E-state index in [2.05, 4.69) is 5.32 Å². The molecule has 0 saturated heterocycles. The first kappa shape index (κ1) is 8.51. The maximum Gasteiger partial charge on any atom is 0.211 e. The summed E-state index contributed by atoms with van der Waals surface area (Å²) in [5.74, 6) is 1.57. The highest BCUT2D eigenvalue weighted by atomic mass is 16.3. The van der Waals surface area contributed by atoms with Gasteiger partial charge in [0.05, 0.1) is 6.54 Å². The Kier molecular flexibility index (Phi) is 2.19. The van der Waals surface area contributed by atoms with Crippen molar-refractivity contribution in [3.63, 3.8) is 0 Å². The molecule has 0 spiro atoms. The Labute approximate surface area is 77.1 Å². The van der Waals surface area contributed by atoms with Crippen molar-refractivity contribution < 1.29 is 9.21 Å². The lowest BCUT2D eigenvalue weighted by atomic mass is 10.2. The lowest BCUT2D eigenvalue weighted by Gasteiger charge is -1.94. The molecule has 1 aliphatic carbocycles. The standard InChI is InChI=1S/C10H13NO2/c1-11-6-8(12)10-5-7-3-2-4-9(7)13-10/h5,11H,2-4,6H2,1H3. The number of Topliss-reactive ketones (excluding diaryl/α,β-unsaturated/α-hetero) is 1. The van der Waals surface area contributed by atoms with E-state index in [9.17, 15) is 4.79 Å². The lowest BCUT2D eigenvalue weighted by molar-refractivity contribution is 0.0965. The molecule has 1 aromatic rings. The fourth-order valence-electron chi connectivity index (χ4n) is 1.71. The Bertz CT molecular complexity index is 306. The van der Waals surface area contributed by atoms with Crippen molar-refractivity contribution in [3.8, 4) is 0 Å². The molecule has 1 aromatic heterocycles. The third-order valence-corrected chi connectivity index (χ3v) is 2.36. The van der Waals surface area contributed by atoms with Crippen LogP contribution in [0.2, 0.25) is 0 Å². The van der Waals surface area contributed by atoms with E-state index in [0.717, 1.165) is 25.0 Å². The fourth-order valence-corrected chi connectivity index (χ4v) is 1.71. The van der Waals surface area contributed by atoms with Gasteiger partial charge >= 0.3 is 0 Å². The van der Waals surface area contributed by atoms with E-state index in [-0.39, 0.29) is 5.78 Å². The van der Waals surface area contributed by atoms with Gasteiger partial charge in [-0.25, -0.2) is 0 Å². The zero-order valence-corrected chi connectivity index (χ0v) is 7.72. The number of nitrogens with one attached hydrogen (secondary N) is 1. The quantitative estimate of drug-likeness (QED) is 0.708. The van der Waals surface area contributed by atoms with Crippen LogP contribution in [0, 0.1) is 0 Å². The topological polar surface area (TPSA) is 42.2 Å². The molecule has 0 amide bonds. The second kappa shape index (κ2) is 3.34. The van der Waals surface area contributed by atoms with Crippen molar-refractivity contribution in [2.24, 2.45) is 0 Å². The lowest BCUT2D eigenvalue weighted by Crippen LogP contribution is -2.17. The predicted octanol–water partition coefficient (Wildman–Crippen LogP) is 1.17. The van der Waals surface area contributed by atoms with Gasteiger partial charge < -0.3 is 9.73 Å². The SMILES string of the molecule is CNCC(=O)c1cc2c(o1)CCC2. The largest absolute Gasteiger partial charge is 0.458 e. The molecule has 13 heavy (non-hydrogen) atoms. The van der Waals surface area contributed by atoms with Crippen LogP contribution in [0.25, 0.3) is 0 Å². The Morgan fingerprint density at radius 2 is 2.46 bits per heavy atom. The van der Waals surface area contributed by atoms with Crippen LogP contribution in [0.3, 0.4) is 0 Å². The molecule has 3 nitrogen and oxygen atoms in total. The minimum atomic E-state index is 0.0388. The Balaban J connectivity index is 2.18. The van der Waals surface area contributed by atoms with Crippen molar-refractivity contribution in [2.45, 2.75) is 19.3 Å². The van der Waals surface area contributed by atoms with Gasteiger partial charge in [-0.3, -0.25) is 4.79 Å². The maximum atomic E-state index is 11.4. The van der Waals surface area contributed by atoms with Gasteiger partial charge in [0.25, 0.3) is 0 Å². The number of furan rings is 1. The number of fused-ring (bicyclic) bond motifs is 1. The first-order chi connectivity index (χ1) is 6.31. The normalized spacial score (nSPS) is 14.5. The number of carbonyl (C=O) groups is 1. The van der Waals surface area contributed by atoms with E-state index in [1.807, 2.05) is 6.07 Å². The number of ketones is 1. The summed E-state index contributed by atoms with van der Waals surface area (Å²) in [4.78, 5) is 11.4. The average molecular weight is 179 g/mol. The number of carbonyl (C=O) groups excluding carboxylic acids is 1. The van der Waals surface area contributed by atoms with E-state index in [1.165, 1.54) is 5.56 Å². The highest BCUT2D eigenvalue weighted by Gasteiger charge is 2.19. The molecule has 1 aliphatic rings. The van der Waals surface area contributed by atoms with Crippen LogP contribution in [0.15, 0.2) is 10.5 Å². The van der Waals surface area contributed by atoms with Crippen molar-refractivity contribution in [1.29, 1.82) is 0 Å². The van der Waals surface area contributed by atoms with Gasteiger partial charge in [-0.2, -0.15) is 0 Å². The molecule has 0 radical (unpaired) electrons. The molecule has 3 heteroatoms. The van der Waals surface area contributed by atoms with Crippen molar-refractivity contribution in [1.82, 2.24) is 5.32 Å². The predicted molar refractivity (Wildman–Crippen MR) is 49.0 cm³/mol. The molecule has 1 heterocycles. The van der Waals surface area contributed by atoms with E-state index < -0.39 is 0 Å². The molecular weight excluding hydrogens is 166 g/mol. The van der Waals surface area contributed by atoms with Crippen LogP contribution in [0.4, 0.5) is 0 Å². The molecule has 0 atom stereocenters. The van der Waals surface area contributed by atoms with E-state index in [1.54, 1.807) is 7.05 Å². The van der Waals surface area contributed by atoms with Crippen molar-refractivity contribution in [2.75, 3.05) is 13.6 Å². The van der Waals surface area contributed by atoms with E-state index in [0.29, 0.717) is 12.3 Å². The third kappa shape index (κ3) is 1.52. The van der Waals surface area contributed by atoms with Crippen LogP contribution in [0.5, 0.6) is 0 Å². The van der Waals surface area contributed by atoms with Gasteiger partial charge in [-0.05, 0) is 31.5 Å². The Morgan fingerprint density at radius 1 is 1.62 bits per heavy atom. The summed E-state index contributed by atoms with van der Waals surface area (Å²) in [7, 11) is 1.76. The summed E-state index contributed by atoms with van der Waals surface area (Å²) in [6, 6.07) is 1.89. The number of aryl methyl sites for hydroxylation is 2. The van der Waals surface area contributed by atoms with E-state index >= 15 is 0 Å². The number of hydrogen-bond donors (Lipinski definition) is 1. The minimum absolute atomic E-state index is 0.0388. The molecule has 70 valence electrons. The molecular formula is C10H13NO2. The van der Waals surface area contributed by atoms with Gasteiger partial charge in [-0.1, -0.05) is 0 Å². The molecule has 0 aromatic carbocycles. The first-order valence-electron chi connectivity index (χ1n) is 4.60. The second-order valence-corrected chi connectivity index (χ2v) is 3.37. The molecule has 0 aliphatic heterocycles. The highest BCUT2D eigenvalue weighted by molar-refractivity contribution is 5.95. The van der Waals surface area contributed by atoms with Gasteiger partial charge in [0.2, 0.25) is 5.78 Å². The van der Waals surface area contributed by atoms with Crippen LogP contribution in [-0.2, 0) is 12.8 Å². The van der Waals surface area contributed by atoms with Crippen LogP contribution in [0.1, 0.15) is 28.3 Å². The number of likely N-dealkylation sites (N-methyl/N-ethyl adjacent to an activating group) is 1. The summed E-state index contributed by atoms with van der Waals surface area (Å²) in [6.45, 7) is 0.354. The van der Waals surface area contributed by atoms with E-state index in [4.69, 9.17) is 4.42 Å². The second-order valence-electron chi connectivity index (χ2n) is 3.37. The van der Waals surface area contributed by atoms with Crippen LogP contribution >= 0.6 is 0 Å². The van der Waals surface area contributed by atoms with Crippen LogP contribution in [-0.4, -0.2) is 19.4 Å². The first-order valence-corrected chi connectivity index (χ1v) is 4.60. The van der Waals surface area contributed by atoms with Crippen molar-refractivity contribution in [3.05, 3.63) is 23.2 Å². The third-order valence-electron chi connectivity index (χ3n) is 2.36. The zero-order chi connectivity index (χ0) is 9.26. The minimum Gasteiger partial charge on any atom is -0.458 e. The number of hydrogen-bond acceptors (Lipinski definition) is 3. The molecule has 0 fully saturated rings. The molecule has 0 unspecified atom stereocenters. The zero-order valence-electron chi connectivity index (χ0n) is 7.72. The van der Waals surface area contributed by atoms with Gasteiger partial charge in [0.15, 0.2) is 5.76 Å². The monoisotopic (exact) mass is 179 g/mol. The Hall–Kier alpha value is -1.09. The molecule has 0 bridgehead atoms. The molecule has 1 N–H and O–H groups in total. The fraction of sp³-hybridized carbons (Fsp3) is 0.500. The summed E-state index contributed by atoms with van der Waals surface area (Å²) >= 11 is 0.